The summed E-state index contributed by atoms with van der Waals surface area (Å²) in [6.07, 6.45) is 1.46. The minimum absolute atomic E-state index is 0.113. The molecule has 1 amide bonds. The van der Waals surface area contributed by atoms with Gasteiger partial charge in [-0.25, -0.2) is 9.78 Å². The number of aromatic nitrogens is 1. The molecule has 2 aromatic carbocycles. The molecule has 1 saturated heterocycles. The number of hydrogen-bond acceptors (Lipinski definition) is 3. The molecule has 0 unspecified atom stereocenters. The molecular weight excluding hydrogens is 300 g/mol. The second-order valence-corrected chi connectivity index (χ2v) is 5.59. The van der Waals surface area contributed by atoms with Crippen molar-refractivity contribution in [1.29, 1.82) is 0 Å². The molecule has 0 aliphatic carbocycles. The molecule has 1 aliphatic rings. The molecule has 1 fully saturated rings. The van der Waals surface area contributed by atoms with E-state index in [0.29, 0.717) is 6.61 Å². The van der Waals surface area contributed by atoms with Crippen LogP contribution >= 0.6 is 0 Å². The van der Waals surface area contributed by atoms with Gasteiger partial charge in [0.15, 0.2) is 0 Å². The molecule has 2 heterocycles. The predicted molar refractivity (Wildman–Crippen MR) is 91.4 cm³/mol. The molecule has 4 heteroatoms. The van der Waals surface area contributed by atoms with Crippen molar-refractivity contribution in [2.45, 2.75) is 6.04 Å². The van der Waals surface area contributed by atoms with Gasteiger partial charge in [-0.3, -0.25) is 0 Å². The highest BCUT2D eigenvalue weighted by Gasteiger charge is 2.23. The van der Waals surface area contributed by atoms with E-state index >= 15 is 0 Å². The van der Waals surface area contributed by atoms with Gasteiger partial charge in [-0.05, 0) is 35.1 Å². The molecule has 24 heavy (non-hydrogen) atoms. The summed E-state index contributed by atoms with van der Waals surface area (Å²) in [5.41, 5.74) is 2.60. The topological polar surface area (TPSA) is 51.2 Å². The first-order valence-corrected chi connectivity index (χ1v) is 7.68. The van der Waals surface area contributed by atoms with Crippen LogP contribution in [0.2, 0.25) is 0 Å². The lowest BCUT2D eigenvalue weighted by atomic mass is 10.0. The number of rotatable bonds is 1. The molecule has 1 atom stereocenters. The molecule has 0 bridgehead atoms. The number of carbonyl (C=O) groups is 1. The summed E-state index contributed by atoms with van der Waals surface area (Å²) in [7, 11) is 0. The van der Waals surface area contributed by atoms with Crippen molar-refractivity contribution >= 4 is 16.9 Å². The third-order valence-electron chi connectivity index (χ3n) is 3.93. The minimum Gasteiger partial charge on any atom is -0.447 e. The van der Waals surface area contributed by atoms with Crippen LogP contribution in [0.15, 0.2) is 60.8 Å². The highest BCUT2D eigenvalue weighted by molar-refractivity contribution is 5.82. The highest BCUT2D eigenvalue weighted by atomic mass is 16.6. The minimum atomic E-state index is -0.378. The van der Waals surface area contributed by atoms with E-state index in [-0.39, 0.29) is 12.1 Å². The molecule has 0 radical (unpaired) electrons. The first kappa shape index (κ1) is 14.3. The maximum absolute atomic E-state index is 11.2. The van der Waals surface area contributed by atoms with Gasteiger partial charge in [0.1, 0.15) is 12.3 Å². The van der Waals surface area contributed by atoms with Crippen LogP contribution < -0.4 is 5.32 Å². The lowest BCUT2D eigenvalue weighted by Gasteiger charge is -2.07. The Bertz CT molecular complexity index is 985. The number of cyclic esters (lactones) is 1. The zero-order valence-corrected chi connectivity index (χ0v) is 12.8. The Balaban J connectivity index is 1.61. The van der Waals surface area contributed by atoms with E-state index in [9.17, 15) is 4.79 Å². The van der Waals surface area contributed by atoms with Crippen LogP contribution in [0.25, 0.3) is 10.8 Å². The SMILES string of the molecule is O=C1N[C@H](c2cccc(C#Cc3cc4ccccc4cn3)c2)CO1. The zero-order chi connectivity index (χ0) is 16.4. The first-order valence-electron chi connectivity index (χ1n) is 7.68. The smallest absolute Gasteiger partial charge is 0.407 e. The van der Waals surface area contributed by atoms with Crippen molar-refractivity contribution in [3.05, 3.63) is 77.6 Å². The van der Waals surface area contributed by atoms with Crippen molar-refractivity contribution < 1.29 is 9.53 Å². The molecule has 0 spiro atoms. The number of ether oxygens (including phenoxy) is 1. The van der Waals surface area contributed by atoms with Crippen LogP contribution in [0.5, 0.6) is 0 Å². The molecular formula is C20H14N2O2. The third kappa shape index (κ3) is 2.92. The highest BCUT2D eigenvalue weighted by Crippen LogP contribution is 2.19. The number of nitrogens with one attached hydrogen (secondary N) is 1. The fraction of sp³-hybridized carbons (Fsp3) is 0.100. The van der Waals surface area contributed by atoms with Crippen LogP contribution in [0, 0.1) is 11.8 Å². The van der Waals surface area contributed by atoms with Crippen molar-refractivity contribution in [2.24, 2.45) is 0 Å². The zero-order valence-electron chi connectivity index (χ0n) is 12.8. The Morgan fingerprint density at radius 1 is 1.04 bits per heavy atom. The summed E-state index contributed by atoms with van der Waals surface area (Å²) in [5, 5.41) is 4.99. The van der Waals surface area contributed by atoms with E-state index in [1.54, 1.807) is 0 Å². The average molecular weight is 314 g/mol. The Hall–Kier alpha value is -3.32. The third-order valence-corrected chi connectivity index (χ3v) is 3.93. The van der Waals surface area contributed by atoms with Crippen molar-refractivity contribution in [3.63, 3.8) is 0 Å². The van der Waals surface area contributed by atoms with Crippen LogP contribution in [0.4, 0.5) is 4.79 Å². The van der Waals surface area contributed by atoms with Crippen LogP contribution in [0.1, 0.15) is 22.9 Å². The molecule has 1 N–H and O–H groups in total. The van der Waals surface area contributed by atoms with Gasteiger partial charge >= 0.3 is 6.09 Å². The number of alkyl carbamates (subject to hydrolysis) is 1. The molecule has 1 aromatic heterocycles. The fourth-order valence-electron chi connectivity index (χ4n) is 2.69. The summed E-state index contributed by atoms with van der Waals surface area (Å²) in [4.78, 5) is 15.5. The monoisotopic (exact) mass is 314 g/mol. The summed E-state index contributed by atoms with van der Waals surface area (Å²) >= 11 is 0. The molecule has 3 aromatic rings. The second kappa shape index (κ2) is 6.05. The van der Waals surface area contributed by atoms with E-state index in [0.717, 1.165) is 27.6 Å². The number of fused-ring (bicyclic) bond motifs is 1. The molecule has 0 saturated carbocycles. The lowest BCUT2D eigenvalue weighted by Crippen LogP contribution is -2.18. The maximum atomic E-state index is 11.2. The summed E-state index contributed by atoms with van der Waals surface area (Å²) < 4.78 is 4.93. The molecule has 116 valence electrons. The largest absolute Gasteiger partial charge is 0.447 e. The van der Waals surface area contributed by atoms with Gasteiger partial charge in [0.25, 0.3) is 0 Å². The number of amides is 1. The van der Waals surface area contributed by atoms with E-state index in [1.807, 2.05) is 60.8 Å². The lowest BCUT2D eigenvalue weighted by molar-refractivity contribution is 0.177. The van der Waals surface area contributed by atoms with Gasteiger partial charge in [-0.2, -0.15) is 0 Å². The van der Waals surface area contributed by atoms with Crippen LogP contribution in [-0.4, -0.2) is 17.7 Å². The second-order valence-electron chi connectivity index (χ2n) is 5.59. The van der Waals surface area contributed by atoms with Gasteiger partial charge < -0.3 is 10.1 Å². The Labute approximate surface area is 139 Å². The summed E-state index contributed by atoms with van der Waals surface area (Å²) in [6, 6.07) is 17.7. The van der Waals surface area contributed by atoms with Crippen molar-refractivity contribution in [2.75, 3.05) is 6.61 Å². The van der Waals surface area contributed by atoms with Gasteiger partial charge in [0, 0.05) is 17.1 Å². The van der Waals surface area contributed by atoms with E-state index in [4.69, 9.17) is 4.74 Å². The predicted octanol–water partition coefficient (Wildman–Crippen LogP) is 3.42. The van der Waals surface area contributed by atoms with E-state index in [1.165, 1.54) is 0 Å². The Kier molecular flexibility index (Phi) is 3.60. The van der Waals surface area contributed by atoms with Gasteiger partial charge in [-0.1, -0.05) is 42.3 Å². The normalized spacial score (nSPS) is 16.2. The number of pyridine rings is 1. The quantitative estimate of drug-likeness (QED) is 0.700. The van der Waals surface area contributed by atoms with Gasteiger partial charge in [-0.15, -0.1) is 0 Å². The molecule has 4 rings (SSSR count). The average Bonchev–Trinajstić information content (AvgIpc) is 3.06. The number of hydrogen-bond donors (Lipinski definition) is 1. The van der Waals surface area contributed by atoms with Crippen molar-refractivity contribution in [3.8, 4) is 11.8 Å². The Morgan fingerprint density at radius 2 is 1.92 bits per heavy atom. The Morgan fingerprint density at radius 3 is 2.75 bits per heavy atom. The first-order chi connectivity index (χ1) is 11.8. The fourth-order valence-corrected chi connectivity index (χ4v) is 2.69. The van der Waals surface area contributed by atoms with Gasteiger partial charge in [0.2, 0.25) is 0 Å². The number of carbonyl (C=O) groups excluding carboxylic acids is 1. The van der Waals surface area contributed by atoms with Crippen molar-refractivity contribution in [1.82, 2.24) is 10.3 Å². The van der Waals surface area contributed by atoms with E-state index < -0.39 is 0 Å². The number of benzene rings is 2. The summed E-state index contributed by atoms with van der Waals surface area (Å²) in [6.45, 7) is 0.349. The standard InChI is InChI=1S/C20H14N2O2/c23-20-22-19(13-24-20)16-7-3-4-14(10-16)8-9-18-11-15-5-1-2-6-17(15)12-21-18/h1-7,10-12,19H,13H2,(H,22,23)/t19-/m0/s1. The number of nitrogens with zero attached hydrogens (tertiary/aromatic N) is 1. The molecule has 1 aliphatic heterocycles. The van der Waals surface area contributed by atoms with Crippen LogP contribution in [-0.2, 0) is 4.74 Å². The van der Waals surface area contributed by atoms with Crippen LogP contribution in [0.3, 0.4) is 0 Å². The van der Waals surface area contributed by atoms with Gasteiger partial charge in [0.05, 0.1) is 6.04 Å². The molecule has 4 nitrogen and oxygen atoms in total. The van der Waals surface area contributed by atoms with E-state index in [2.05, 4.69) is 22.1 Å². The maximum Gasteiger partial charge on any atom is 0.407 e. The summed E-state index contributed by atoms with van der Waals surface area (Å²) in [5.74, 6) is 6.23.